The van der Waals surface area contributed by atoms with E-state index in [1.807, 2.05) is 36.4 Å². The van der Waals surface area contributed by atoms with Gasteiger partial charge in [-0.05, 0) is 42.5 Å². The van der Waals surface area contributed by atoms with Crippen LogP contribution in [0, 0.1) is 0 Å². The summed E-state index contributed by atoms with van der Waals surface area (Å²) in [4.78, 5) is 42.1. The van der Waals surface area contributed by atoms with Gasteiger partial charge in [0.2, 0.25) is 0 Å². The number of aromatic amines is 2. The molecule has 0 atom stereocenters. The fraction of sp³-hybridized carbons (Fsp3) is 0.120. The predicted molar refractivity (Wildman–Crippen MR) is 129 cm³/mol. The third-order valence-corrected chi connectivity index (χ3v) is 5.70. The third kappa shape index (κ3) is 3.82. The summed E-state index contributed by atoms with van der Waals surface area (Å²) in [5, 5.41) is 0.670. The molecule has 1 amide bonds. The zero-order valence-corrected chi connectivity index (χ0v) is 18.0. The van der Waals surface area contributed by atoms with E-state index in [0.29, 0.717) is 46.3 Å². The van der Waals surface area contributed by atoms with Gasteiger partial charge in [-0.1, -0.05) is 18.2 Å². The molecule has 3 aromatic heterocycles. The summed E-state index contributed by atoms with van der Waals surface area (Å²) in [7, 11) is 1.76. The minimum absolute atomic E-state index is 0.114. The highest BCUT2D eigenvalue weighted by Crippen LogP contribution is 2.31. The molecule has 0 aliphatic heterocycles. The molecule has 33 heavy (non-hydrogen) atoms. The second-order valence-corrected chi connectivity index (χ2v) is 7.90. The van der Waals surface area contributed by atoms with Crippen LogP contribution in [0.5, 0.6) is 0 Å². The Balaban J connectivity index is 1.46. The second kappa shape index (κ2) is 8.23. The van der Waals surface area contributed by atoms with Crippen LogP contribution >= 0.6 is 0 Å². The smallest absolute Gasteiger partial charge is 0.276 e. The van der Waals surface area contributed by atoms with E-state index < -0.39 is 0 Å². The van der Waals surface area contributed by atoms with Crippen LogP contribution in [0.25, 0.3) is 33.3 Å². The number of anilines is 1. The molecule has 0 spiro atoms. The fourth-order valence-corrected chi connectivity index (χ4v) is 3.88. The minimum Gasteiger partial charge on any atom is -0.396 e. The summed E-state index contributed by atoms with van der Waals surface area (Å²) >= 11 is 0. The predicted octanol–water partition coefficient (Wildman–Crippen LogP) is 3.36. The monoisotopic (exact) mass is 438 g/mol. The van der Waals surface area contributed by atoms with Crippen molar-refractivity contribution >= 4 is 33.5 Å². The highest BCUT2D eigenvalue weighted by atomic mass is 16.2. The number of benzene rings is 2. The van der Waals surface area contributed by atoms with Crippen molar-refractivity contribution in [2.75, 3.05) is 19.3 Å². The van der Waals surface area contributed by atoms with Crippen LogP contribution in [-0.2, 0) is 6.42 Å². The average Bonchev–Trinajstić information content (AvgIpc) is 3.17. The van der Waals surface area contributed by atoms with Gasteiger partial charge < -0.3 is 20.6 Å². The van der Waals surface area contributed by atoms with Gasteiger partial charge in [-0.2, -0.15) is 0 Å². The number of likely N-dealkylation sites (N-methyl/N-ethyl adjacent to an activating group) is 1. The van der Waals surface area contributed by atoms with Crippen molar-refractivity contribution in [2.45, 2.75) is 6.42 Å². The van der Waals surface area contributed by atoms with Crippen LogP contribution in [-0.4, -0.2) is 44.3 Å². The van der Waals surface area contributed by atoms with Crippen LogP contribution < -0.4 is 11.3 Å². The number of carbonyl (C=O) groups is 1. The van der Waals surface area contributed by atoms with E-state index in [1.165, 1.54) is 0 Å². The lowest BCUT2D eigenvalue weighted by molar-refractivity contribution is 0.0796. The Hall–Kier alpha value is -4.46. The number of nitrogens with two attached hydrogens (primary N) is 1. The molecule has 0 saturated heterocycles. The van der Waals surface area contributed by atoms with Crippen molar-refractivity contribution in [1.82, 2.24) is 24.8 Å². The number of H-pyrrole nitrogens is 2. The Labute approximate surface area is 189 Å². The van der Waals surface area contributed by atoms with E-state index in [1.54, 1.807) is 42.4 Å². The Morgan fingerprint density at radius 3 is 2.67 bits per heavy atom. The molecule has 0 radical (unpaired) electrons. The van der Waals surface area contributed by atoms with Gasteiger partial charge in [0, 0.05) is 48.4 Å². The number of amides is 1. The summed E-state index contributed by atoms with van der Waals surface area (Å²) in [5.41, 5.74) is 10.6. The van der Waals surface area contributed by atoms with Crippen molar-refractivity contribution in [1.29, 1.82) is 0 Å². The fourth-order valence-electron chi connectivity index (χ4n) is 3.88. The van der Waals surface area contributed by atoms with Crippen LogP contribution in [0.2, 0.25) is 0 Å². The van der Waals surface area contributed by atoms with Crippen molar-refractivity contribution in [3.63, 3.8) is 0 Å². The quantitative estimate of drug-likeness (QED) is 0.389. The van der Waals surface area contributed by atoms with E-state index in [9.17, 15) is 9.59 Å². The van der Waals surface area contributed by atoms with Gasteiger partial charge in [-0.25, -0.2) is 4.98 Å². The van der Waals surface area contributed by atoms with Gasteiger partial charge in [0.25, 0.3) is 11.5 Å². The molecule has 3 heterocycles. The Morgan fingerprint density at radius 2 is 1.85 bits per heavy atom. The molecule has 0 aliphatic carbocycles. The number of nitrogens with zero attached hydrogens (tertiary/aromatic N) is 3. The van der Waals surface area contributed by atoms with Crippen molar-refractivity contribution in [3.8, 4) is 11.4 Å². The Morgan fingerprint density at radius 1 is 1.03 bits per heavy atom. The van der Waals surface area contributed by atoms with Gasteiger partial charge in [-0.3, -0.25) is 14.6 Å². The lowest BCUT2D eigenvalue weighted by Gasteiger charge is -2.17. The molecule has 0 saturated carbocycles. The molecule has 164 valence electrons. The molecule has 8 heteroatoms. The standard InChI is InChI=1S/C25H22N6O2/c1-31(13-11-16-6-4-5-12-27-16)25(33)15-9-10-18-17(14-15)21(26)22(28-18)23-24(32)30-20-8-3-2-7-19(20)29-23/h2-10,12,14,28H,11,13,26H2,1H3,(H,30,32). The number of nitrogens with one attached hydrogen (secondary N) is 2. The maximum atomic E-state index is 13.0. The molecule has 8 nitrogen and oxygen atoms in total. The van der Waals surface area contributed by atoms with E-state index >= 15 is 0 Å². The number of rotatable bonds is 5. The SMILES string of the molecule is CN(CCc1ccccn1)C(=O)c1ccc2[nH]c(-c3nc4ccccc4[nH]c3=O)c(N)c2c1. The first kappa shape index (κ1) is 20.4. The second-order valence-electron chi connectivity index (χ2n) is 7.90. The lowest BCUT2D eigenvalue weighted by atomic mass is 10.1. The summed E-state index contributed by atoms with van der Waals surface area (Å²) in [6, 6.07) is 18.3. The summed E-state index contributed by atoms with van der Waals surface area (Å²) in [6.07, 6.45) is 2.41. The molecule has 0 aliphatic rings. The van der Waals surface area contributed by atoms with Crippen molar-refractivity contribution in [2.24, 2.45) is 0 Å². The van der Waals surface area contributed by atoms with E-state index in [0.717, 1.165) is 11.2 Å². The highest BCUT2D eigenvalue weighted by Gasteiger charge is 2.18. The normalized spacial score (nSPS) is 11.2. The maximum absolute atomic E-state index is 13.0. The maximum Gasteiger partial charge on any atom is 0.276 e. The lowest BCUT2D eigenvalue weighted by Crippen LogP contribution is -2.29. The zero-order valence-electron chi connectivity index (χ0n) is 18.0. The molecule has 0 bridgehead atoms. The molecule has 5 aromatic rings. The molecule has 0 unspecified atom stereocenters. The molecule has 5 rings (SSSR count). The zero-order chi connectivity index (χ0) is 22.9. The van der Waals surface area contributed by atoms with Gasteiger partial charge in [-0.15, -0.1) is 0 Å². The summed E-state index contributed by atoms with van der Waals surface area (Å²) < 4.78 is 0. The number of para-hydroxylation sites is 2. The average molecular weight is 438 g/mol. The first-order valence-electron chi connectivity index (χ1n) is 10.6. The third-order valence-electron chi connectivity index (χ3n) is 5.70. The van der Waals surface area contributed by atoms with Gasteiger partial charge in [0.15, 0.2) is 5.69 Å². The van der Waals surface area contributed by atoms with Crippen LogP contribution in [0.15, 0.2) is 71.7 Å². The summed E-state index contributed by atoms with van der Waals surface area (Å²) in [6.45, 7) is 0.540. The van der Waals surface area contributed by atoms with Crippen molar-refractivity contribution in [3.05, 3.63) is 88.5 Å². The molecule has 4 N–H and O–H groups in total. The molecular weight excluding hydrogens is 416 g/mol. The van der Waals surface area contributed by atoms with Crippen LogP contribution in [0.1, 0.15) is 16.1 Å². The number of carbonyl (C=O) groups excluding carboxylic acids is 1. The highest BCUT2D eigenvalue weighted by molar-refractivity contribution is 6.04. The van der Waals surface area contributed by atoms with Gasteiger partial charge in [0.05, 0.1) is 22.4 Å². The molecular formula is C25H22N6O2. The first-order chi connectivity index (χ1) is 16.0. The Kier molecular flexibility index (Phi) is 5.10. The molecule has 0 fully saturated rings. The van der Waals surface area contributed by atoms with Crippen molar-refractivity contribution < 1.29 is 4.79 Å². The van der Waals surface area contributed by atoms with Crippen LogP contribution in [0.4, 0.5) is 5.69 Å². The Bertz CT molecular complexity index is 1540. The number of nitrogen functional groups attached to an aromatic ring is 1. The topological polar surface area (TPSA) is 121 Å². The summed E-state index contributed by atoms with van der Waals surface area (Å²) in [5.74, 6) is -0.114. The van der Waals surface area contributed by atoms with E-state index in [2.05, 4.69) is 19.9 Å². The van der Waals surface area contributed by atoms with Gasteiger partial charge in [0.1, 0.15) is 0 Å². The number of fused-ring (bicyclic) bond motifs is 2. The van der Waals surface area contributed by atoms with Gasteiger partial charge >= 0.3 is 0 Å². The number of hydrogen-bond donors (Lipinski definition) is 3. The van der Waals surface area contributed by atoms with E-state index in [-0.39, 0.29) is 17.2 Å². The van der Waals surface area contributed by atoms with Crippen LogP contribution in [0.3, 0.4) is 0 Å². The number of pyridine rings is 1. The number of hydrogen-bond acceptors (Lipinski definition) is 5. The largest absolute Gasteiger partial charge is 0.396 e. The first-order valence-corrected chi connectivity index (χ1v) is 10.6. The minimum atomic E-state index is -0.336. The van der Waals surface area contributed by atoms with E-state index in [4.69, 9.17) is 5.73 Å². The number of aromatic nitrogens is 4. The molecule has 2 aromatic carbocycles.